The second-order valence-corrected chi connectivity index (χ2v) is 7.85. The first-order valence-corrected chi connectivity index (χ1v) is 7.94. The highest BCUT2D eigenvalue weighted by Gasteiger charge is 2.42. The van der Waals surface area contributed by atoms with E-state index in [0.29, 0.717) is 5.54 Å². The van der Waals surface area contributed by atoms with E-state index in [-0.39, 0.29) is 0 Å². The Morgan fingerprint density at radius 2 is 2.13 bits per heavy atom. The minimum absolute atomic E-state index is 0.319. The Labute approximate surface area is 102 Å². The third-order valence-corrected chi connectivity index (χ3v) is 6.17. The van der Waals surface area contributed by atoms with E-state index in [1.54, 1.807) is 0 Å². The van der Waals surface area contributed by atoms with Gasteiger partial charge in [0.05, 0.1) is 0 Å². The summed E-state index contributed by atoms with van der Waals surface area (Å²) in [5, 5.41) is 1.57. The lowest BCUT2D eigenvalue weighted by Gasteiger charge is -2.44. The van der Waals surface area contributed by atoms with Crippen LogP contribution in [0.15, 0.2) is 0 Å². The van der Waals surface area contributed by atoms with Crippen LogP contribution in [-0.4, -0.2) is 52.1 Å². The van der Waals surface area contributed by atoms with Crippen LogP contribution in [0.1, 0.15) is 20.3 Å². The predicted molar refractivity (Wildman–Crippen MR) is 71.8 cm³/mol. The molecule has 2 fully saturated rings. The zero-order valence-corrected chi connectivity index (χ0v) is 11.4. The summed E-state index contributed by atoms with van der Waals surface area (Å²) in [7, 11) is 0. The largest absolute Gasteiger partial charge is 0.329 e. The molecule has 2 rings (SSSR count). The zero-order valence-electron chi connectivity index (χ0n) is 9.74. The molecule has 4 heteroatoms. The van der Waals surface area contributed by atoms with Gasteiger partial charge in [-0.2, -0.15) is 23.5 Å². The lowest BCUT2D eigenvalue weighted by Crippen LogP contribution is -2.58. The average molecular weight is 246 g/mol. The summed E-state index contributed by atoms with van der Waals surface area (Å²) < 4.78 is 0. The van der Waals surface area contributed by atoms with Crippen molar-refractivity contribution < 1.29 is 0 Å². The van der Waals surface area contributed by atoms with E-state index in [4.69, 9.17) is 5.73 Å². The highest BCUT2D eigenvalue weighted by atomic mass is 32.2. The van der Waals surface area contributed by atoms with Crippen molar-refractivity contribution in [2.24, 2.45) is 5.73 Å². The van der Waals surface area contributed by atoms with Crippen molar-refractivity contribution >= 4 is 23.5 Å². The summed E-state index contributed by atoms with van der Waals surface area (Å²) >= 11 is 4.20. The maximum atomic E-state index is 6.05. The molecule has 0 spiro atoms. The molecule has 0 aromatic carbocycles. The maximum absolute atomic E-state index is 6.05. The average Bonchev–Trinajstić information content (AvgIpc) is 2.61. The summed E-state index contributed by atoms with van der Waals surface area (Å²) in [5.74, 6) is 2.52. The van der Waals surface area contributed by atoms with Crippen LogP contribution >= 0.6 is 23.5 Å². The molecule has 15 heavy (non-hydrogen) atoms. The van der Waals surface area contributed by atoms with Gasteiger partial charge in [-0.1, -0.05) is 13.8 Å². The molecule has 2 N–H and O–H groups in total. The van der Waals surface area contributed by atoms with E-state index >= 15 is 0 Å². The Morgan fingerprint density at radius 1 is 1.33 bits per heavy atom. The molecule has 88 valence electrons. The van der Waals surface area contributed by atoms with Crippen molar-refractivity contribution in [3.63, 3.8) is 0 Å². The molecular formula is C11H22N2S2. The van der Waals surface area contributed by atoms with Gasteiger partial charge in [0.1, 0.15) is 0 Å². The summed E-state index contributed by atoms with van der Waals surface area (Å²) in [5.41, 5.74) is 6.36. The molecule has 0 bridgehead atoms. The van der Waals surface area contributed by atoms with Gasteiger partial charge in [-0.25, -0.2) is 0 Å². The van der Waals surface area contributed by atoms with Crippen molar-refractivity contribution in [2.45, 2.75) is 36.3 Å². The smallest absolute Gasteiger partial charge is 0.0433 e. The predicted octanol–water partition coefficient (Wildman–Crippen LogP) is 1.65. The molecule has 0 radical (unpaired) electrons. The maximum Gasteiger partial charge on any atom is 0.0433 e. The van der Waals surface area contributed by atoms with Crippen LogP contribution in [0.2, 0.25) is 0 Å². The highest BCUT2D eigenvalue weighted by molar-refractivity contribution is 8.00. The molecule has 2 nitrogen and oxygen atoms in total. The van der Waals surface area contributed by atoms with Gasteiger partial charge >= 0.3 is 0 Å². The molecule has 2 heterocycles. The Morgan fingerprint density at radius 3 is 2.67 bits per heavy atom. The third kappa shape index (κ3) is 2.48. The van der Waals surface area contributed by atoms with E-state index in [9.17, 15) is 0 Å². The standard InChI is InChI=1S/C11H22N2S2/c1-9-5-11(7-12,8-15-9)13-3-4-14-10(2)6-13/h9-10H,3-8,12H2,1-2H3. The third-order valence-electron chi connectivity index (χ3n) is 3.60. The van der Waals surface area contributed by atoms with E-state index < -0.39 is 0 Å². The molecule has 3 unspecified atom stereocenters. The first kappa shape index (κ1) is 12.1. The van der Waals surface area contributed by atoms with E-state index in [1.165, 1.54) is 31.0 Å². The van der Waals surface area contributed by atoms with Gasteiger partial charge in [0.25, 0.3) is 0 Å². The van der Waals surface area contributed by atoms with Gasteiger partial charge in [0.2, 0.25) is 0 Å². The van der Waals surface area contributed by atoms with Gasteiger partial charge in [-0.3, -0.25) is 4.90 Å². The number of thioether (sulfide) groups is 2. The van der Waals surface area contributed by atoms with Crippen LogP contribution in [0.3, 0.4) is 0 Å². The molecule has 0 saturated carbocycles. The molecule has 2 aliphatic heterocycles. The monoisotopic (exact) mass is 246 g/mol. The van der Waals surface area contributed by atoms with Crippen LogP contribution in [0, 0.1) is 0 Å². The number of rotatable bonds is 2. The fraction of sp³-hybridized carbons (Fsp3) is 1.00. The van der Waals surface area contributed by atoms with Gasteiger partial charge in [0.15, 0.2) is 0 Å². The second kappa shape index (κ2) is 4.86. The van der Waals surface area contributed by atoms with Crippen molar-refractivity contribution in [3.05, 3.63) is 0 Å². The van der Waals surface area contributed by atoms with E-state index in [1.807, 2.05) is 0 Å². The van der Waals surface area contributed by atoms with Crippen molar-refractivity contribution in [1.82, 2.24) is 4.90 Å². The molecule has 2 aliphatic rings. The van der Waals surface area contributed by atoms with Gasteiger partial charge < -0.3 is 5.73 Å². The molecule has 0 aromatic rings. The van der Waals surface area contributed by atoms with Crippen LogP contribution in [0.4, 0.5) is 0 Å². The fourth-order valence-electron chi connectivity index (χ4n) is 2.69. The number of hydrogen-bond acceptors (Lipinski definition) is 4. The summed E-state index contributed by atoms with van der Waals surface area (Å²) in [6, 6.07) is 0. The minimum atomic E-state index is 0.319. The van der Waals surface area contributed by atoms with Crippen molar-refractivity contribution in [3.8, 4) is 0 Å². The summed E-state index contributed by atoms with van der Waals surface area (Å²) in [6.45, 7) is 7.98. The van der Waals surface area contributed by atoms with E-state index in [2.05, 4.69) is 42.3 Å². The Balaban J connectivity index is 2.05. The van der Waals surface area contributed by atoms with Gasteiger partial charge in [-0.15, -0.1) is 0 Å². The Kier molecular flexibility index (Phi) is 3.92. The molecule has 0 amide bonds. The molecular weight excluding hydrogens is 224 g/mol. The lowest BCUT2D eigenvalue weighted by molar-refractivity contribution is 0.118. The van der Waals surface area contributed by atoms with Crippen LogP contribution in [-0.2, 0) is 0 Å². The van der Waals surface area contributed by atoms with Gasteiger partial charge in [-0.05, 0) is 6.42 Å². The summed E-state index contributed by atoms with van der Waals surface area (Å²) in [6.07, 6.45) is 1.28. The highest BCUT2D eigenvalue weighted by Crippen LogP contribution is 2.39. The normalized spacial score (nSPS) is 43.4. The van der Waals surface area contributed by atoms with Gasteiger partial charge in [0, 0.05) is 47.2 Å². The molecule has 3 atom stereocenters. The number of nitrogens with zero attached hydrogens (tertiary/aromatic N) is 1. The molecule has 0 aliphatic carbocycles. The lowest BCUT2D eigenvalue weighted by atomic mass is 9.93. The van der Waals surface area contributed by atoms with Crippen molar-refractivity contribution in [1.29, 1.82) is 0 Å². The Hall–Kier alpha value is 0.620. The quantitative estimate of drug-likeness (QED) is 0.802. The molecule has 2 saturated heterocycles. The minimum Gasteiger partial charge on any atom is -0.329 e. The van der Waals surface area contributed by atoms with Crippen LogP contribution in [0.25, 0.3) is 0 Å². The van der Waals surface area contributed by atoms with E-state index in [0.717, 1.165) is 17.0 Å². The first-order valence-electron chi connectivity index (χ1n) is 5.84. The Bertz CT molecular complexity index is 225. The van der Waals surface area contributed by atoms with Crippen LogP contribution < -0.4 is 5.73 Å². The first-order chi connectivity index (χ1) is 7.16. The zero-order chi connectivity index (χ0) is 10.9. The van der Waals surface area contributed by atoms with Crippen molar-refractivity contribution in [2.75, 3.05) is 31.1 Å². The SMILES string of the molecule is CC1CN(C2(CN)CSC(C)C2)CCS1. The second-order valence-electron chi connectivity index (χ2n) is 4.88. The van der Waals surface area contributed by atoms with Crippen LogP contribution in [0.5, 0.6) is 0 Å². The summed E-state index contributed by atoms with van der Waals surface area (Å²) in [4.78, 5) is 2.67. The topological polar surface area (TPSA) is 29.3 Å². The number of hydrogen-bond donors (Lipinski definition) is 1. The fourth-order valence-corrected chi connectivity index (χ4v) is 5.15. The molecule has 0 aromatic heterocycles. The number of nitrogens with two attached hydrogens (primary N) is 1.